The molecule has 1 amide bonds. The number of benzene rings is 1. The van der Waals surface area contributed by atoms with Crippen LogP contribution in [0.3, 0.4) is 0 Å². The summed E-state index contributed by atoms with van der Waals surface area (Å²) in [4.78, 5) is 16.8. The third-order valence-corrected chi connectivity index (χ3v) is 4.38. The number of thiazole rings is 1. The molecule has 0 bridgehead atoms. The van der Waals surface area contributed by atoms with E-state index in [1.807, 2.05) is 6.07 Å². The molecule has 0 fully saturated rings. The molecule has 0 spiro atoms. The Labute approximate surface area is 114 Å². The number of aryl methyl sites for hydroxylation is 2. The fourth-order valence-corrected chi connectivity index (χ4v) is 3.23. The molecule has 1 N–H and O–H groups in total. The van der Waals surface area contributed by atoms with Crippen LogP contribution in [0.1, 0.15) is 39.0 Å². The predicted molar refractivity (Wildman–Crippen MR) is 71.8 cm³/mol. The largest absolute Gasteiger partial charge is 0.344 e. The molecular formula is C14H13FN2OS. The molecule has 2 aromatic rings. The molecule has 1 heterocycles. The zero-order chi connectivity index (χ0) is 13.4. The van der Waals surface area contributed by atoms with E-state index < -0.39 is 0 Å². The van der Waals surface area contributed by atoms with Crippen molar-refractivity contribution in [1.82, 2.24) is 10.3 Å². The van der Waals surface area contributed by atoms with Gasteiger partial charge in [-0.05, 0) is 31.4 Å². The molecule has 1 aliphatic rings. The lowest BCUT2D eigenvalue weighted by Gasteiger charge is -2.14. The average molecular weight is 276 g/mol. The Hall–Kier alpha value is -1.75. The van der Waals surface area contributed by atoms with Crippen molar-refractivity contribution in [2.24, 2.45) is 0 Å². The van der Waals surface area contributed by atoms with E-state index in [9.17, 15) is 9.18 Å². The van der Waals surface area contributed by atoms with Crippen LogP contribution >= 0.6 is 11.3 Å². The Bertz CT molecular complexity index is 638. The molecule has 0 radical (unpaired) electrons. The van der Waals surface area contributed by atoms with Crippen molar-refractivity contribution in [2.45, 2.75) is 25.8 Å². The van der Waals surface area contributed by atoms with Gasteiger partial charge in [0.05, 0.1) is 17.2 Å². The maximum atomic E-state index is 13.9. The third-order valence-electron chi connectivity index (χ3n) is 3.45. The van der Waals surface area contributed by atoms with Crippen molar-refractivity contribution in [2.75, 3.05) is 0 Å². The summed E-state index contributed by atoms with van der Waals surface area (Å²) in [7, 11) is 0. The number of halogens is 1. The van der Waals surface area contributed by atoms with Gasteiger partial charge in [0.1, 0.15) is 10.7 Å². The molecular weight excluding hydrogens is 263 g/mol. The van der Waals surface area contributed by atoms with Crippen LogP contribution in [0.2, 0.25) is 0 Å². The zero-order valence-corrected chi connectivity index (χ0v) is 11.3. The second-order valence-electron chi connectivity index (χ2n) is 4.64. The Morgan fingerprint density at radius 3 is 3.11 bits per heavy atom. The van der Waals surface area contributed by atoms with Crippen molar-refractivity contribution in [3.63, 3.8) is 0 Å². The number of nitrogens with one attached hydrogen (secondary N) is 1. The number of carbonyl (C=O) groups excluding carboxylic acids is 1. The highest BCUT2D eigenvalue weighted by Crippen LogP contribution is 2.33. The van der Waals surface area contributed by atoms with Crippen molar-refractivity contribution in [1.29, 1.82) is 0 Å². The number of nitrogens with zero attached hydrogens (tertiary/aromatic N) is 1. The van der Waals surface area contributed by atoms with Crippen molar-refractivity contribution < 1.29 is 9.18 Å². The van der Waals surface area contributed by atoms with Gasteiger partial charge in [0.25, 0.3) is 5.91 Å². The number of fused-ring (bicyclic) bond motifs is 1. The summed E-state index contributed by atoms with van der Waals surface area (Å²) in [5.41, 5.74) is 3.99. The van der Waals surface area contributed by atoms with Crippen LogP contribution < -0.4 is 5.32 Å². The Kier molecular flexibility index (Phi) is 3.06. The molecule has 1 aliphatic carbocycles. The van der Waals surface area contributed by atoms with Crippen LogP contribution in [0.15, 0.2) is 23.7 Å². The summed E-state index contributed by atoms with van der Waals surface area (Å²) in [6.45, 7) is 1.80. The number of hydrogen-bond acceptors (Lipinski definition) is 3. The Morgan fingerprint density at radius 2 is 2.37 bits per heavy atom. The smallest absolute Gasteiger partial charge is 0.263 e. The van der Waals surface area contributed by atoms with Crippen LogP contribution in [0.5, 0.6) is 0 Å². The van der Waals surface area contributed by atoms with Gasteiger partial charge in [-0.15, -0.1) is 11.3 Å². The Morgan fingerprint density at radius 1 is 1.53 bits per heavy atom. The fraction of sp³-hybridized carbons (Fsp3) is 0.286. The molecule has 3 rings (SSSR count). The zero-order valence-electron chi connectivity index (χ0n) is 10.4. The quantitative estimate of drug-likeness (QED) is 0.916. The highest BCUT2D eigenvalue weighted by molar-refractivity contribution is 7.11. The first-order chi connectivity index (χ1) is 9.16. The first kappa shape index (κ1) is 12.3. The highest BCUT2D eigenvalue weighted by atomic mass is 32.1. The molecule has 1 atom stereocenters. The lowest BCUT2D eigenvalue weighted by molar-refractivity contribution is 0.0939. The molecule has 19 heavy (non-hydrogen) atoms. The van der Waals surface area contributed by atoms with Gasteiger partial charge in [0, 0.05) is 5.56 Å². The summed E-state index contributed by atoms with van der Waals surface area (Å²) < 4.78 is 13.9. The van der Waals surface area contributed by atoms with E-state index in [-0.39, 0.29) is 17.8 Å². The Balaban J connectivity index is 1.84. The topological polar surface area (TPSA) is 42.0 Å². The fourth-order valence-electron chi connectivity index (χ4n) is 2.52. The van der Waals surface area contributed by atoms with Gasteiger partial charge in [0.2, 0.25) is 0 Å². The highest BCUT2D eigenvalue weighted by Gasteiger charge is 2.27. The van der Waals surface area contributed by atoms with E-state index in [4.69, 9.17) is 0 Å². The first-order valence-corrected chi connectivity index (χ1v) is 7.03. The molecule has 5 heteroatoms. The predicted octanol–water partition coefficient (Wildman–Crippen LogP) is 3.01. The normalized spacial score (nSPS) is 17.3. The molecule has 1 aromatic heterocycles. The van der Waals surface area contributed by atoms with E-state index in [1.165, 1.54) is 17.4 Å². The summed E-state index contributed by atoms with van der Waals surface area (Å²) in [5.74, 6) is -0.401. The van der Waals surface area contributed by atoms with Crippen LogP contribution in [0, 0.1) is 12.7 Å². The van der Waals surface area contributed by atoms with E-state index in [1.54, 1.807) is 18.5 Å². The van der Waals surface area contributed by atoms with E-state index in [0.29, 0.717) is 16.1 Å². The van der Waals surface area contributed by atoms with Crippen molar-refractivity contribution in [3.8, 4) is 0 Å². The minimum atomic E-state index is -0.235. The van der Waals surface area contributed by atoms with Gasteiger partial charge in [-0.25, -0.2) is 9.37 Å². The van der Waals surface area contributed by atoms with E-state index in [0.717, 1.165) is 18.4 Å². The second kappa shape index (κ2) is 4.74. The lowest BCUT2D eigenvalue weighted by atomic mass is 10.1. The van der Waals surface area contributed by atoms with Gasteiger partial charge >= 0.3 is 0 Å². The standard InChI is InChI=1S/C14H13FN2OS/c1-8-13(19-7-16-8)14(18)17-11-6-5-9-3-2-4-10(15)12(9)11/h2-4,7,11H,5-6H2,1H3,(H,17,18)/t11-/m1/s1. The molecule has 0 unspecified atom stereocenters. The summed E-state index contributed by atoms with van der Waals surface area (Å²) in [5, 5.41) is 2.91. The van der Waals surface area contributed by atoms with E-state index >= 15 is 0 Å². The van der Waals surface area contributed by atoms with Gasteiger partial charge in [-0.3, -0.25) is 4.79 Å². The number of carbonyl (C=O) groups is 1. The molecule has 0 saturated heterocycles. The molecule has 0 saturated carbocycles. The molecule has 3 nitrogen and oxygen atoms in total. The number of hydrogen-bond donors (Lipinski definition) is 1. The maximum absolute atomic E-state index is 13.9. The number of amides is 1. The second-order valence-corrected chi connectivity index (χ2v) is 5.50. The minimum absolute atomic E-state index is 0.166. The van der Waals surface area contributed by atoms with E-state index in [2.05, 4.69) is 10.3 Å². The third kappa shape index (κ3) is 2.14. The van der Waals surface area contributed by atoms with Crippen LogP contribution in [0.4, 0.5) is 4.39 Å². The van der Waals surface area contributed by atoms with Crippen LogP contribution in [-0.4, -0.2) is 10.9 Å². The monoisotopic (exact) mass is 276 g/mol. The van der Waals surface area contributed by atoms with Crippen molar-refractivity contribution >= 4 is 17.2 Å². The maximum Gasteiger partial charge on any atom is 0.263 e. The first-order valence-electron chi connectivity index (χ1n) is 6.15. The molecule has 1 aromatic carbocycles. The van der Waals surface area contributed by atoms with Crippen LogP contribution in [-0.2, 0) is 6.42 Å². The summed E-state index contributed by atoms with van der Waals surface area (Å²) in [6, 6.07) is 4.85. The number of rotatable bonds is 2. The SMILES string of the molecule is Cc1ncsc1C(=O)N[C@@H]1CCc2cccc(F)c21. The minimum Gasteiger partial charge on any atom is -0.344 e. The van der Waals surface area contributed by atoms with Gasteiger partial charge in [0.15, 0.2) is 0 Å². The molecule has 98 valence electrons. The lowest BCUT2D eigenvalue weighted by Crippen LogP contribution is -2.27. The van der Waals surface area contributed by atoms with Gasteiger partial charge in [-0.1, -0.05) is 12.1 Å². The van der Waals surface area contributed by atoms with Gasteiger partial charge in [-0.2, -0.15) is 0 Å². The van der Waals surface area contributed by atoms with Gasteiger partial charge < -0.3 is 5.32 Å². The number of aromatic nitrogens is 1. The average Bonchev–Trinajstić information content (AvgIpc) is 2.97. The summed E-state index contributed by atoms with van der Waals surface area (Å²) in [6.07, 6.45) is 1.56. The van der Waals surface area contributed by atoms with Crippen molar-refractivity contribution in [3.05, 3.63) is 51.2 Å². The molecule has 0 aliphatic heterocycles. The van der Waals surface area contributed by atoms with Crippen LogP contribution in [0.25, 0.3) is 0 Å². The summed E-state index contributed by atoms with van der Waals surface area (Å²) >= 11 is 1.31.